The molecule has 0 N–H and O–H groups in total. The Bertz CT molecular complexity index is 630. The van der Waals surface area contributed by atoms with E-state index in [0.29, 0.717) is 10.6 Å². The molecule has 0 aliphatic rings. The normalized spacial score (nSPS) is 11.4. The standard InChI is InChI=1S/C12H13NO3S2/c1-9-7-11(17-13-9)8-18(14,15)12-5-3-10(16-2)4-6-12/h3-7H,8H2,1-2H3. The highest BCUT2D eigenvalue weighted by molar-refractivity contribution is 7.90. The van der Waals surface area contributed by atoms with Crippen molar-refractivity contribution >= 4 is 21.4 Å². The van der Waals surface area contributed by atoms with Crippen molar-refractivity contribution in [3.05, 3.63) is 40.9 Å². The number of nitrogens with zero attached hydrogens (tertiary/aromatic N) is 1. The van der Waals surface area contributed by atoms with E-state index in [0.717, 1.165) is 10.6 Å². The lowest BCUT2D eigenvalue weighted by atomic mass is 10.3. The summed E-state index contributed by atoms with van der Waals surface area (Å²) in [6.45, 7) is 1.85. The highest BCUT2D eigenvalue weighted by Gasteiger charge is 2.16. The molecule has 6 heteroatoms. The molecular weight excluding hydrogens is 270 g/mol. The third kappa shape index (κ3) is 2.88. The van der Waals surface area contributed by atoms with Gasteiger partial charge in [-0.2, -0.15) is 4.37 Å². The third-order valence-corrected chi connectivity index (χ3v) is 5.17. The Morgan fingerprint density at radius 1 is 1.28 bits per heavy atom. The van der Waals surface area contributed by atoms with Crippen molar-refractivity contribution in [3.63, 3.8) is 0 Å². The Kier molecular flexibility index (Phi) is 3.68. The summed E-state index contributed by atoms with van der Waals surface area (Å²) in [5.41, 5.74) is 0.847. The second-order valence-electron chi connectivity index (χ2n) is 3.87. The van der Waals surface area contributed by atoms with Crippen LogP contribution in [-0.2, 0) is 15.6 Å². The highest BCUT2D eigenvalue weighted by Crippen LogP contribution is 2.21. The molecule has 1 aromatic heterocycles. The number of sulfone groups is 1. The van der Waals surface area contributed by atoms with Gasteiger partial charge in [-0.3, -0.25) is 0 Å². The lowest BCUT2D eigenvalue weighted by molar-refractivity contribution is 0.414. The zero-order chi connectivity index (χ0) is 13.2. The third-order valence-electron chi connectivity index (χ3n) is 2.43. The van der Waals surface area contributed by atoms with Crippen molar-refractivity contribution in [2.24, 2.45) is 0 Å². The largest absolute Gasteiger partial charge is 0.497 e. The van der Waals surface area contributed by atoms with Crippen LogP contribution in [-0.4, -0.2) is 19.9 Å². The smallest absolute Gasteiger partial charge is 0.183 e. The van der Waals surface area contributed by atoms with E-state index >= 15 is 0 Å². The van der Waals surface area contributed by atoms with Crippen molar-refractivity contribution in [2.45, 2.75) is 17.6 Å². The van der Waals surface area contributed by atoms with E-state index in [1.165, 1.54) is 11.5 Å². The predicted molar refractivity (Wildman–Crippen MR) is 70.7 cm³/mol. The summed E-state index contributed by atoms with van der Waals surface area (Å²) in [5.74, 6) is 0.632. The fourth-order valence-electron chi connectivity index (χ4n) is 1.54. The second-order valence-corrected chi connectivity index (χ2v) is 6.75. The molecule has 0 aliphatic heterocycles. The number of benzene rings is 1. The van der Waals surface area contributed by atoms with Crippen LogP contribution in [0.25, 0.3) is 0 Å². The number of rotatable bonds is 4. The number of aromatic nitrogens is 1. The zero-order valence-corrected chi connectivity index (χ0v) is 11.7. The summed E-state index contributed by atoms with van der Waals surface area (Å²) in [7, 11) is -1.76. The maximum atomic E-state index is 12.1. The lowest BCUT2D eigenvalue weighted by Crippen LogP contribution is -2.03. The van der Waals surface area contributed by atoms with Crippen LogP contribution in [0.3, 0.4) is 0 Å². The van der Waals surface area contributed by atoms with E-state index in [-0.39, 0.29) is 5.75 Å². The van der Waals surface area contributed by atoms with E-state index in [4.69, 9.17) is 4.74 Å². The molecule has 0 radical (unpaired) electrons. The molecule has 4 nitrogen and oxygen atoms in total. The van der Waals surface area contributed by atoms with Crippen LogP contribution in [0.2, 0.25) is 0 Å². The van der Waals surface area contributed by atoms with Crippen LogP contribution in [0.5, 0.6) is 5.75 Å². The number of ether oxygens (including phenoxy) is 1. The zero-order valence-electron chi connectivity index (χ0n) is 10.1. The van der Waals surface area contributed by atoms with Gasteiger partial charge in [0.15, 0.2) is 9.84 Å². The maximum absolute atomic E-state index is 12.1. The molecule has 0 bridgehead atoms. The van der Waals surface area contributed by atoms with Crippen molar-refractivity contribution in [1.29, 1.82) is 0 Å². The molecule has 1 heterocycles. The quantitative estimate of drug-likeness (QED) is 0.864. The van der Waals surface area contributed by atoms with Gasteiger partial charge in [0.2, 0.25) is 0 Å². The first-order valence-corrected chi connectivity index (χ1v) is 7.73. The summed E-state index contributed by atoms with van der Waals surface area (Å²) < 4.78 is 33.4. The van der Waals surface area contributed by atoms with Crippen LogP contribution >= 0.6 is 11.5 Å². The first kappa shape index (κ1) is 13.0. The minimum atomic E-state index is -3.31. The molecule has 18 heavy (non-hydrogen) atoms. The Balaban J connectivity index is 2.24. The van der Waals surface area contributed by atoms with Crippen molar-refractivity contribution in [2.75, 3.05) is 7.11 Å². The Morgan fingerprint density at radius 2 is 1.94 bits per heavy atom. The van der Waals surface area contributed by atoms with Gasteiger partial charge in [0, 0.05) is 4.88 Å². The van der Waals surface area contributed by atoms with E-state index in [1.54, 1.807) is 37.4 Å². The van der Waals surface area contributed by atoms with Crippen LogP contribution in [0.4, 0.5) is 0 Å². The Hall–Kier alpha value is -1.40. The molecule has 2 aromatic rings. The summed E-state index contributed by atoms with van der Waals surface area (Å²) in [5, 5.41) is 0. The van der Waals surface area contributed by atoms with Crippen LogP contribution in [0.1, 0.15) is 10.6 Å². The van der Waals surface area contributed by atoms with Crippen molar-refractivity contribution in [3.8, 4) is 5.75 Å². The molecule has 0 saturated heterocycles. The van der Waals surface area contributed by atoms with Gasteiger partial charge < -0.3 is 4.74 Å². The second kappa shape index (κ2) is 5.07. The maximum Gasteiger partial charge on any atom is 0.183 e. The monoisotopic (exact) mass is 283 g/mol. The fourth-order valence-corrected chi connectivity index (χ4v) is 3.93. The van der Waals surface area contributed by atoms with Crippen molar-refractivity contribution < 1.29 is 13.2 Å². The molecule has 0 atom stereocenters. The summed E-state index contributed by atoms with van der Waals surface area (Å²) in [6.07, 6.45) is 0. The predicted octanol–water partition coefficient (Wildman–Crippen LogP) is 2.43. The van der Waals surface area contributed by atoms with Crippen molar-refractivity contribution in [1.82, 2.24) is 4.37 Å². The Labute approximate surface area is 110 Å². The van der Waals surface area contributed by atoms with Gasteiger partial charge in [-0.25, -0.2) is 8.42 Å². The number of hydrogen-bond donors (Lipinski definition) is 0. The van der Waals surface area contributed by atoms with Gasteiger partial charge in [-0.15, -0.1) is 0 Å². The Morgan fingerprint density at radius 3 is 2.44 bits per heavy atom. The van der Waals surface area contributed by atoms with E-state index in [9.17, 15) is 8.42 Å². The summed E-state index contributed by atoms with van der Waals surface area (Å²) in [4.78, 5) is 1.05. The average molecular weight is 283 g/mol. The summed E-state index contributed by atoms with van der Waals surface area (Å²) >= 11 is 1.22. The molecular formula is C12H13NO3S2. The minimum Gasteiger partial charge on any atom is -0.497 e. The van der Waals surface area contributed by atoms with E-state index < -0.39 is 9.84 Å². The lowest BCUT2D eigenvalue weighted by Gasteiger charge is -2.04. The molecule has 96 valence electrons. The van der Waals surface area contributed by atoms with E-state index in [2.05, 4.69) is 4.37 Å². The average Bonchev–Trinajstić information content (AvgIpc) is 2.74. The number of aryl methyl sites for hydroxylation is 1. The molecule has 0 fully saturated rings. The van der Waals surface area contributed by atoms with Gasteiger partial charge in [-0.1, -0.05) is 0 Å². The van der Waals surface area contributed by atoms with Gasteiger partial charge in [0.25, 0.3) is 0 Å². The molecule has 0 spiro atoms. The molecule has 0 saturated carbocycles. The molecule has 0 aliphatic carbocycles. The topological polar surface area (TPSA) is 56.3 Å². The minimum absolute atomic E-state index is 0.00909. The first-order valence-electron chi connectivity index (χ1n) is 5.30. The van der Waals surface area contributed by atoms with E-state index in [1.807, 2.05) is 6.92 Å². The molecule has 0 amide bonds. The first-order chi connectivity index (χ1) is 8.51. The van der Waals surface area contributed by atoms with Crippen LogP contribution in [0, 0.1) is 6.92 Å². The van der Waals surface area contributed by atoms with Gasteiger partial charge in [0.1, 0.15) is 5.75 Å². The van der Waals surface area contributed by atoms with Crippen LogP contribution < -0.4 is 4.74 Å². The number of methoxy groups -OCH3 is 1. The van der Waals surface area contributed by atoms with Gasteiger partial charge in [-0.05, 0) is 48.8 Å². The SMILES string of the molecule is COc1ccc(S(=O)(=O)Cc2cc(C)ns2)cc1. The van der Waals surface area contributed by atoms with Gasteiger partial charge >= 0.3 is 0 Å². The van der Waals surface area contributed by atoms with Gasteiger partial charge in [0.05, 0.1) is 23.5 Å². The highest BCUT2D eigenvalue weighted by atomic mass is 32.2. The van der Waals surface area contributed by atoms with Crippen LogP contribution in [0.15, 0.2) is 35.2 Å². The number of hydrogen-bond acceptors (Lipinski definition) is 5. The molecule has 2 rings (SSSR count). The molecule has 1 aromatic carbocycles. The summed E-state index contributed by atoms with van der Waals surface area (Å²) in [6, 6.07) is 8.20. The fraction of sp³-hybridized carbons (Fsp3) is 0.250. The molecule has 0 unspecified atom stereocenters.